The second-order valence-corrected chi connectivity index (χ2v) is 11.4. The van der Waals surface area contributed by atoms with Gasteiger partial charge in [-0.2, -0.15) is 0 Å². The molecule has 0 fully saturated rings. The zero-order valence-electron chi connectivity index (χ0n) is 24.5. The Kier molecular flexibility index (Phi) is 14.4. The highest BCUT2D eigenvalue weighted by Crippen LogP contribution is 2.16. The number of alkyl carbamates (subject to hydrolysis) is 1. The number of esters is 1. The molecule has 2 amide bonds. The number of nitrogens with zero attached hydrogens (tertiary/aromatic N) is 1. The van der Waals surface area contributed by atoms with Crippen molar-refractivity contribution in [1.29, 1.82) is 0 Å². The number of amides is 2. The predicted molar refractivity (Wildman–Crippen MR) is 149 cm³/mol. The van der Waals surface area contributed by atoms with E-state index in [4.69, 9.17) is 19.9 Å². The van der Waals surface area contributed by atoms with Gasteiger partial charge >= 0.3 is 24.1 Å². The number of benzene rings is 1. The number of rotatable bonds is 15. The zero-order chi connectivity index (χ0) is 30.3. The number of carboxylic acids is 1. The molecule has 0 radical (unpaired) electrons. The average molecular weight is 567 g/mol. The Labute approximate surface area is 236 Å². The number of aliphatic carboxylic acids is 1. The Morgan fingerprint density at radius 1 is 0.925 bits per heavy atom. The van der Waals surface area contributed by atoms with Crippen LogP contribution in [0.3, 0.4) is 0 Å². The minimum atomic E-state index is -1.25. The van der Waals surface area contributed by atoms with Crippen molar-refractivity contribution in [2.45, 2.75) is 97.6 Å². The van der Waals surface area contributed by atoms with Crippen LogP contribution in [0.4, 0.5) is 9.59 Å². The lowest BCUT2D eigenvalue weighted by molar-refractivity contribution is -0.164. The van der Waals surface area contributed by atoms with Gasteiger partial charge in [0.05, 0.1) is 18.5 Å². The molecule has 0 aliphatic heterocycles. The van der Waals surface area contributed by atoms with E-state index in [0.717, 1.165) is 23.4 Å². The maximum absolute atomic E-state index is 12.9. The third kappa shape index (κ3) is 15.9. The molecule has 12 nitrogen and oxygen atoms in total. The summed E-state index contributed by atoms with van der Waals surface area (Å²) in [5, 5.41) is 13.2. The first kappa shape index (κ1) is 34.6. The predicted octanol–water partition coefficient (Wildman–Crippen LogP) is 3.93. The number of hydrogen-bond acceptors (Lipinski definition) is 9. The van der Waals surface area contributed by atoms with Gasteiger partial charge in [-0.15, -0.1) is 0 Å². The van der Waals surface area contributed by atoms with Gasteiger partial charge in [-0.1, -0.05) is 43.2 Å². The summed E-state index contributed by atoms with van der Waals surface area (Å²) in [5.41, 5.74) is 8.33. The molecule has 5 N–H and O–H groups in total. The highest BCUT2D eigenvalue weighted by molar-refractivity contribution is 5.80. The van der Waals surface area contributed by atoms with E-state index in [1.54, 1.807) is 41.5 Å². The van der Waals surface area contributed by atoms with Gasteiger partial charge in [0.2, 0.25) is 0 Å². The van der Waals surface area contributed by atoms with E-state index >= 15 is 0 Å². The van der Waals surface area contributed by atoms with Gasteiger partial charge in [0.25, 0.3) is 0 Å². The van der Waals surface area contributed by atoms with Gasteiger partial charge in [-0.25, -0.2) is 20.0 Å². The van der Waals surface area contributed by atoms with Crippen molar-refractivity contribution in [2.75, 3.05) is 13.1 Å². The van der Waals surface area contributed by atoms with Gasteiger partial charge in [-0.05, 0) is 59.9 Å². The molecule has 1 aromatic rings. The van der Waals surface area contributed by atoms with Crippen molar-refractivity contribution in [3.05, 3.63) is 35.9 Å². The molecule has 1 aromatic carbocycles. The van der Waals surface area contributed by atoms with Crippen LogP contribution in [-0.2, 0) is 30.4 Å². The average Bonchev–Trinajstić information content (AvgIpc) is 2.82. The lowest BCUT2D eigenvalue weighted by Crippen LogP contribution is -2.57. The first-order valence-corrected chi connectivity index (χ1v) is 13.5. The van der Waals surface area contributed by atoms with Crippen LogP contribution in [0.2, 0.25) is 0 Å². The molecule has 0 aliphatic rings. The molecule has 1 rings (SSSR count). The molecule has 1 unspecified atom stereocenters. The van der Waals surface area contributed by atoms with Crippen molar-refractivity contribution in [2.24, 2.45) is 11.7 Å². The molecule has 0 aromatic heterocycles. The van der Waals surface area contributed by atoms with Gasteiger partial charge in [-0.3, -0.25) is 9.59 Å². The summed E-state index contributed by atoms with van der Waals surface area (Å²) in [6.45, 7) is 11.0. The standard InChI is InChI=1S/C28H46N4O8/c1-27(2,3)39-24(35)21(18-22(33)34)23(29)31-32(26(37)38-19-20-14-10-9-11-15-20)17-13-8-7-12-16-30-25(36)40-28(4,5)6/h9-11,14-15,21,23,31H,7-8,12-13,16-19,29H2,1-6H3,(H,30,36)(H,33,34)/t21-,23?/m0/s1. The first-order valence-electron chi connectivity index (χ1n) is 13.5. The summed E-state index contributed by atoms with van der Waals surface area (Å²) in [4.78, 5) is 48.8. The number of carbonyl (C=O) groups excluding carboxylic acids is 3. The van der Waals surface area contributed by atoms with E-state index < -0.39 is 53.8 Å². The summed E-state index contributed by atoms with van der Waals surface area (Å²) in [6.07, 6.45) is -0.238. The highest BCUT2D eigenvalue weighted by Gasteiger charge is 2.34. The molecule has 0 aliphatic carbocycles. The van der Waals surface area contributed by atoms with Crippen LogP contribution in [0.1, 0.15) is 79.2 Å². The maximum Gasteiger partial charge on any atom is 0.424 e. The summed E-state index contributed by atoms with van der Waals surface area (Å²) in [5.74, 6) is -3.27. The zero-order valence-corrected chi connectivity index (χ0v) is 24.5. The van der Waals surface area contributed by atoms with Gasteiger partial charge < -0.3 is 30.4 Å². The Morgan fingerprint density at radius 2 is 1.52 bits per heavy atom. The van der Waals surface area contributed by atoms with Crippen molar-refractivity contribution in [1.82, 2.24) is 15.8 Å². The van der Waals surface area contributed by atoms with Crippen LogP contribution in [0.5, 0.6) is 0 Å². The van der Waals surface area contributed by atoms with Gasteiger partial charge in [0, 0.05) is 13.1 Å². The van der Waals surface area contributed by atoms with E-state index in [-0.39, 0.29) is 13.2 Å². The third-order valence-corrected chi connectivity index (χ3v) is 5.24. The number of unbranched alkanes of at least 4 members (excludes halogenated alkanes) is 3. The molecule has 0 bridgehead atoms. The van der Waals surface area contributed by atoms with Crippen LogP contribution >= 0.6 is 0 Å². The van der Waals surface area contributed by atoms with Crippen LogP contribution < -0.4 is 16.5 Å². The van der Waals surface area contributed by atoms with Crippen LogP contribution in [0.25, 0.3) is 0 Å². The molecule has 0 saturated carbocycles. The molecule has 0 saturated heterocycles. The van der Waals surface area contributed by atoms with E-state index in [1.165, 1.54) is 0 Å². The van der Waals surface area contributed by atoms with Crippen LogP contribution in [-0.4, -0.2) is 64.7 Å². The van der Waals surface area contributed by atoms with Crippen LogP contribution in [0, 0.1) is 5.92 Å². The molecule has 12 heteroatoms. The smallest absolute Gasteiger partial charge is 0.424 e. The monoisotopic (exact) mass is 566 g/mol. The Bertz CT molecular complexity index is 944. The Balaban J connectivity index is 2.76. The lowest BCUT2D eigenvalue weighted by Gasteiger charge is -2.31. The van der Waals surface area contributed by atoms with Crippen LogP contribution in [0.15, 0.2) is 30.3 Å². The van der Waals surface area contributed by atoms with E-state index in [1.807, 2.05) is 30.3 Å². The fourth-order valence-electron chi connectivity index (χ4n) is 3.45. The Morgan fingerprint density at radius 3 is 2.10 bits per heavy atom. The second kappa shape index (κ2) is 16.7. The molecular weight excluding hydrogens is 520 g/mol. The van der Waals surface area contributed by atoms with E-state index in [2.05, 4.69) is 10.7 Å². The number of hydrogen-bond donors (Lipinski definition) is 4. The second-order valence-electron chi connectivity index (χ2n) is 11.4. The number of hydrazine groups is 1. The fraction of sp³-hybridized carbons (Fsp3) is 0.643. The van der Waals surface area contributed by atoms with Crippen molar-refractivity contribution >= 4 is 24.1 Å². The molecule has 2 atom stereocenters. The van der Waals surface area contributed by atoms with Crippen molar-refractivity contribution in [3.8, 4) is 0 Å². The molecular formula is C28H46N4O8. The van der Waals surface area contributed by atoms with Crippen molar-refractivity contribution in [3.63, 3.8) is 0 Å². The topological polar surface area (TPSA) is 170 Å². The van der Waals surface area contributed by atoms with Gasteiger partial charge in [0.15, 0.2) is 0 Å². The maximum atomic E-state index is 12.9. The lowest BCUT2D eigenvalue weighted by atomic mass is 10.0. The molecule has 226 valence electrons. The quantitative estimate of drug-likeness (QED) is 0.0802. The highest BCUT2D eigenvalue weighted by atomic mass is 16.6. The molecule has 0 heterocycles. The number of nitrogens with one attached hydrogen (secondary N) is 2. The summed E-state index contributed by atoms with van der Waals surface area (Å²) in [7, 11) is 0. The summed E-state index contributed by atoms with van der Waals surface area (Å²) in [6, 6.07) is 9.12. The number of ether oxygens (including phenoxy) is 3. The largest absolute Gasteiger partial charge is 0.481 e. The fourth-order valence-corrected chi connectivity index (χ4v) is 3.45. The minimum Gasteiger partial charge on any atom is -0.481 e. The van der Waals surface area contributed by atoms with Gasteiger partial charge in [0.1, 0.15) is 17.8 Å². The van der Waals surface area contributed by atoms with E-state index in [0.29, 0.717) is 19.4 Å². The normalized spacial score (nSPS) is 13.1. The SMILES string of the molecule is CC(C)(C)OC(=O)NCCCCCCN(NC(N)[C@H](CC(=O)O)C(=O)OC(C)(C)C)C(=O)OCc1ccccc1. The minimum absolute atomic E-state index is 0.0219. The molecule has 40 heavy (non-hydrogen) atoms. The number of carboxylic acid groups (broad SMARTS) is 1. The number of nitrogens with two attached hydrogens (primary N) is 1. The molecule has 0 spiro atoms. The first-order chi connectivity index (χ1) is 18.6. The van der Waals surface area contributed by atoms with Crippen molar-refractivity contribution < 1.29 is 38.5 Å². The summed E-state index contributed by atoms with van der Waals surface area (Å²) < 4.78 is 16.0. The third-order valence-electron chi connectivity index (χ3n) is 5.24. The van der Waals surface area contributed by atoms with E-state index in [9.17, 15) is 24.3 Å². The number of carbonyl (C=O) groups is 4. The Hall–Kier alpha value is -3.38. The summed E-state index contributed by atoms with van der Waals surface area (Å²) >= 11 is 0.